The van der Waals surface area contributed by atoms with Gasteiger partial charge in [0, 0.05) is 17.1 Å². The quantitative estimate of drug-likeness (QED) is 0.598. The number of fused-ring (bicyclic) bond motifs is 1. The van der Waals surface area contributed by atoms with E-state index in [0.717, 1.165) is 22.3 Å². The number of hydrogen-bond acceptors (Lipinski definition) is 7. The van der Waals surface area contributed by atoms with E-state index in [1.807, 2.05) is 54.8 Å². The molecule has 0 radical (unpaired) electrons. The molecular formula is C20H15FN4O2S. The molecule has 0 amide bonds. The fourth-order valence-electron chi connectivity index (χ4n) is 2.89. The van der Waals surface area contributed by atoms with Gasteiger partial charge >= 0.3 is 0 Å². The molecule has 1 aliphatic rings. The van der Waals surface area contributed by atoms with Gasteiger partial charge in [0.1, 0.15) is 6.07 Å². The van der Waals surface area contributed by atoms with Crippen molar-refractivity contribution in [3.05, 3.63) is 65.9 Å². The molecule has 0 bridgehead atoms. The molecule has 0 fully saturated rings. The van der Waals surface area contributed by atoms with Gasteiger partial charge in [-0.25, -0.2) is 9.37 Å². The predicted molar refractivity (Wildman–Crippen MR) is 103 cm³/mol. The standard InChI is InChI=1S/C20H15FN4O2S/c1-28-15-4-2-3-14(8-15)25(20-16(21)10-23-19(9-22)24-20)11-13-5-6-17-18(7-13)27-12-26-17/h2-8,10H,11-12H2,1H3. The van der Waals surface area contributed by atoms with E-state index >= 15 is 0 Å². The number of nitriles is 1. The Hall–Kier alpha value is -3.31. The Labute approximate surface area is 165 Å². The molecule has 28 heavy (non-hydrogen) atoms. The van der Waals surface area contributed by atoms with Crippen molar-refractivity contribution in [1.82, 2.24) is 9.97 Å². The maximum Gasteiger partial charge on any atom is 0.234 e. The number of hydrogen-bond donors (Lipinski definition) is 0. The molecule has 2 aromatic carbocycles. The van der Waals surface area contributed by atoms with Gasteiger partial charge in [0.15, 0.2) is 23.1 Å². The minimum atomic E-state index is -0.603. The van der Waals surface area contributed by atoms with E-state index in [2.05, 4.69) is 9.97 Å². The van der Waals surface area contributed by atoms with Crippen LogP contribution in [0, 0.1) is 17.1 Å². The molecule has 0 saturated heterocycles. The lowest BCUT2D eigenvalue weighted by Crippen LogP contribution is -2.20. The predicted octanol–water partition coefficient (Wildman–Crippen LogP) is 4.28. The molecule has 0 atom stereocenters. The van der Waals surface area contributed by atoms with E-state index in [1.54, 1.807) is 16.7 Å². The van der Waals surface area contributed by atoms with Crippen molar-refractivity contribution in [1.29, 1.82) is 5.26 Å². The lowest BCUT2D eigenvalue weighted by molar-refractivity contribution is 0.174. The molecule has 3 aromatic rings. The average Bonchev–Trinajstić information content (AvgIpc) is 3.20. The van der Waals surface area contributed by atoms with Gasteiger partial charge < -0.3 is 14.4 Å². The van der Waals surface area contributed by atoms with E-state index in [-0.39, 0.29) is 18.4 Å². The third kappa shape index (κ3) is 3.57. The van der Waals surface area contributed by atoms with E-state index in [4.69, 9.17) is 14.7 Å². The summed E-state index contributed by atoms with van der Waals surface area (Å²) in [7, 11) is 0. The average molecular weight is 394 g/mol. The van der Waals surface area contributed by atoms with Crippen molar-refractivity contribution in [3.63, 3.8) is 0 Å². The summed E-state index contributed by atoms with van der Waals surface area (Å²) in [4.78, 5) is 10.6. The Morgan fingerprint density at radius 1 is 1.21 bits per heavy atom. The molecule has 140 valence electrons. The molecule has 0 aliphatic carbocycles. The smallest absolute Gasteiger partial charge is 0.234 e. The molecule has 0 saturated carbocycles. The van der Waals surface area contributed by atoms with Gasteiger partial charge in [-0.15, -0.1) is 11.8 Å². The maximum absolute atomic E-state index is 14.6. The fraction of sp³-hybridized carbons (Fsp3) is 0.150. The normalized spacial score (nSPS) is 11.9. The SMILES string of the molecule is CSc1cccc(N(Cc2ccc3c(c2)OCO3)c2nc(C#N)ncc2F)c1. The minimum absolute atomic E-state index is 0.0440. The molecular weight excluding hydrogens is 379 g/mol. The van der Waals surface area contributed by atoms with Crippen molar-refractivity contribution in [2.75, 3.05) is 17.9 Å². The first-order chi connectivity index (χ1) is 13.7. The summed E-state index contributed by atoms with van der Waals surface area (Å²) in [6, 6.07) is 15.1. The van der Waals surface area contributed by atoms with Crippen LogP contribution in [0.5, 0.6) is 11.5 Å². The Morgan fingerprint density at radius 2 is 2.07 bits per heavy atom. The molecule has 2 heterocycles. The second-order valence-corrected chi connectivity index (χ2v) is 6.83. The Bertz CT molecular complexity index is 1070. The molecule has 0 spiro atoms. The van der Waals surface area contributed by atoms with Gasteiger partial charge in [-0.05, 0) is 42.2 Å². The first-order valence-electron chi connectivity index (χ1n) is 8.40. The second kappa shape index (κ2) is 7.74. The van der Waals surface area contributed by atoms with E-state index in [0.29, 0.717) is 18.0 Å². The largest absolute Gasteiger partial charge is 0.454 e. The van der Waals surface area contributed by atoms with E-state index in [1.165, 1.54) is 0 Å². The van der Waals surface area contributed by atoms with Crippen LogP contribution in [0.25, 0.3) is 0 Å². The summed E-state index contributed by atoms with van der Waals surface area (Å²) < 4.78 is 25.4. The number of halogens is 1. The maximum atomic E-state index is 14.6. The molecule has 1 aromatic heterocycles. The van der Waals surface area contributed by atoms with Crippen molar-refractivity contribution in [3.8, 4) is 17.6 Å². The monoisotopic (exact) mass is 394 g/mol. The summed E-state index contributed by atoms with van der Waals surface area (Å²) in [6.45, 7) is 0.512. The van der Waals surface area contributed by atoms with Crippen LogP contribution in [0.4, 0.5) is 15.9 Å². The van der Waals surface area contributed by atoms with E-state index < -0.39 is 5.82 Å². The van der Waals surface area contributed by atoms with Crippen LogP contribution in [0.3, 0.4) is 0 Å². The van der Waals surface area contributed by atoms with Crippen LogP contribution in [-0.2, 0) is 6.54 Å². The Balaban J connectivity index is 1.78. The summed E-state index contributed by atoms with van der Waals surface area (Å²) >= 11 is 1.59. The van der Waals surface area contributed by atoms with Gasteiger partial charge in [0.05, 0.1) is 6.20 Å². The number of benzene rings is 2. The highest BCUT2D eigenvalue weighted by molar-refractivity contribution is 7.98. The van der Waals surface area contributed by atoms with Crippen molar-refractivity contribution in [2.45, 2.75) is 11.4 Å². The van der Waals surface area contributed by atoms with Gasteiger partial charge in [0.2, 0.25) is 12.6 Å². The third-order valence-corrected chi connectivity index (χ3v) is 4.95. The molecule has 1 aliphatic heterocycles. The van der Waals surface area contributed by atoms with Gasteiger partial charge in [-0.2, -0.15) is 10.2 Å². The highest BCUT2D eigenvalue weighted by atomic mass is 32.2. The zero-order valence-electron chi connectivity index (χ0n) is 14.9. The number of ether oxygens (including phenoxy) is 2. The molecule has 6 nitrogen and oxygen atoms in total. The Morgan fingerprint density at radius 3 is 2.89 bits per heavy atom. The van der Waals surface area contributed by atoms with Crippen LogP contribution in [0.15, 0.2) is 53.6 Å². The zero-order valence-corrected chi connectivity index (χ0v) is 15.7. The lowest BCUT2D eigenvalue weighted by Gasteiger charge is -2.25. The van der Waals surface area contributed by atoms with Crippen LogP contribution in [-0.4, -0.2) is 23.0 Å². The highest BCUT2D eigenvalue weighted by Gasteiger charge is 2.20. The molecule has 4 rings (SSSR count). The summed E-state index contributed by atoms with van der Waals surface area (Å²) in [5.41, 5.74) is 1.64. The number of anilines is 2. The van der Waals surface area contributed by atoms with Crippen molar-refractivity contribution >= 4 is 23.3 Å². The number of rotatable bonds is 5. The van der Waals surface area contributed by atoms with Crippen molar-refractivity contribution in [2.24, 2.45) is 0 Å². The minimum Gasteiger partial charge on any atom is -0.454 e. The van der Waals surface area contributed by atoms with Gasteiger partial charge in [-0.3, -0.25) is 0 Å². The Kier molecular flexibility index (Phi) is 5.00. The van der Waals surface area contributed by atoms with Crippen molar-refractivity contribution < 1.29 is 13.9 Å². The summed E-state index contributed by atoms with van der Waals surface area (Å²) in [6.07, 6.45) is 2.99. The summed E-state index contributed by atoms with van der Waals surface area (Å²) in [5.74, 6) is 0.681. The van der Waals surface area contributed by atoms with Gasteiger partial charge in [-0.1, -0.05) is 12.1 Å². The first-order valence-corrected chi connectivity index (χ1v) is 9.63. The van der Waals surface area contributed by atoms with Crippen LogP contribution in [0.1, 0.15) is 11.4 Å². The lowest BCUT2D eigenvalue weighted by atomic mass is 10.1. The van der Waals surface area contributed by atoms with Gasteiger partial charge in [0.25, 0.3) is 0 Å². The molecule has 0 unspecified atom stereocenters. The highest BCUT2D eigenvalue weighted by Crippen LogP contribution is 2.35. The number of aromatic nitrogens is 2. The summed E-state index contributed by atoms with van der Waals surface area (Å²) in [5, 5.41) is 9.13. The number of nitrogens with zero attached hydrogens (tertiary/aromatic N) is 4. The van der Waals surface area contributed by atoms with Crippen LogP contribution >= 0.6 is 11.8 Å². The molecule has 8 heteroatoms. The zero-order chi connectivity index (χ0) is 19.5. The molecule has 0 N–H and O–H groups in total. The first kappa shape index (κ1) is 18.1. The van der Waals surface area contributed by atoms with Crippen LogP contribution < -0.4 is 14.4 Å². The topological polar surface area (TPSA) is 71.3 Å². The van der Waals surface area contributed by atoms with Crippen LogP contribution in [0.2, 0.25) is 0 Å². The third-order valence-electron chi connectivity index (χ3n) is 4.22. The fourth-order valence-corrected chi connectivity index (χ4v) is 3.34. The van der Waals surface area contributed by atoms with E-state index in [9.17, 15) is 4.39 Å². The second-order valence-electron chi connectivity index (χ2n) is 5.95. The number of thioether (sulfide) groups is 1.